The van der Waals surface area contributed by atoms with Gasteiger partial charge < -0.3 is 24.5 Å². The van der Waals surface area contributed by atoms with Crippen LogP contribution in [0, 0.1) is 11.8 Å². The van der Waals surface area contributed by atoms with Crippen LogP contribution in [0.3, 0.4) is 0 Å². The van der Waals surface area contributed by atoms with Crippen LogP contribution < -0.4 is 9.64 Å². The highest BCUT2D eigenvalue weighted by Crippen LogP contribution is 2.45. The Morgan fingerprint density at radius 3 is 2.27 bits per heavy atom. The number of ether oxygens (including phenoxy) is 1. The number of halogens is 4. The molecule has 1 N–H and O–H groups in total. The summed E-state index contributed by atoms with van der Waals surface area (Å²) in [5.41, 5.74) is -3.91. The highest BCUT2D eigenvalue weighted by atomic mass is 35.5. The summed E-state index contributed by atoms with van der Waals surface area (Å²) < 4.78 is 47.3. The Balaban J connectivity index is 1.35. The highest BCUT2D eigenvalue weighted by Gasteiger charge is 2.62. The minimum Gasteiger partial charge on any atom is -0.497 e. The van der Waals surface area contributed by atoms with Crippen LogP contribution in [0.15, 0.2) is 36.4 Å². The van der Waals surface area contributed by atoms with Crippen LogP contribution in [0.1, 0.15) is 41.6 Å². The number of hydrogen-bond acceptors (Lipinski definition) is 6. The number of aliphatic hydroxyl groups is 1. The van der Waals surface area contributed by atoms with E-state index in [1.807, 2.05) is 0 Å². The smallest absolute Gasteiger partial charge is 0.430 e. The van der Waals surface area contributed by atoms with Crippen molar-refractivity contribution < 1.29 is 32.6 Å². The lowest BCUT2D eigenvalue weighted by atomic mass is 9.68. The van der Waals surface area contributed by atoms with Gasteiger partial charge in [0, 0.05) is 45.8 Å². The van der Waals surface area contributed by atoms with E-state index in [-0.39, 0.29) is 22.7 Å². The van der Waals surface area contributed by atoms with E-state index in [0.29, 0.717) is 30.1 Å². The molecule has 40 heavy (non-hydrogen) atoms. The van der Waals surface area contributed by atoms with Crippen molar-refractivity contribution in [2.75, 3.05) is 46.2 Å². The molecule has 1 atom stereocenters. The number of nitrogens with zero attached hydrogens (tertiary/aromatic N) is 4. The molecule has 2 fully saturated rings. The van der Waals surface area contributed by atoms with Crippen LogP contribution in [0.25, 0.3) is 0 Å². The van der Waals surface area contributed by atoms with Crippen molar-refractivity contribution in [1.82, 2.24) is 14.8 Å². The first-order chi connectivity index (χ1) is 18.8. The molecule has 0 radical (unpaired) electrons. The third-order valence-electron chi connectivity index (χ3n) is 8.23. The van der Waals surface area contributed by atoms with Crippen LogP contribution in [-0.4, -0.2) is 85.3 Å². The zero-order valence-electron chi connectivity index (χ0n) is 22.9. The fraction of sp³-hybridized carbons (Fsp3) is 0.536. The molecule has 4 rings (SSSR count). The van der Waals surface area contributed by atoms with Gasteiger partial charge in [-0.15, -0.1) is 0 Å². The molecule has 1 aliphatic heterocycles. The monoisotopic (exact) mass is 582 g/mol. The number of carbonyl (C=O) groups excluding carboxylic acids is 2. The number of alkyl halides is 3. The quantitative estimate of drug-likeness (QED) is 0.489. The van der Waals surface area contributed by atoms with Crippen LogP contribution in [0.2, 0.25) is 5.15 Å². The maximum absolute atomic E-state index is 14.1. The van der Waals surface area contributed by atoms with E-state index in [4.69, 9.17) is 16.3 Å². The molecule has 1 aliphatic carbocycles. The number of piperidine rings is 1. The average Bonchev–Trinajstić information content (AvgIpc) is 2.90. The molecular formula is C28H34ClF3N4O4. The lowest BCUT2D eigenvalue weighted by Gasteiger charge is -2.48. The van der Waals surface area contributed by atoms with Crippen molar-refractivity contribution in [1.29, 1.82) is 0 Å². The number of methoxy groups -OCH3 is 1. The molecule has 0 bridgehead atoms. The summed E-state index contributed by atoms with van der Waals surface area (Å²) in [6, 6.07) is 7.94. The number of pyridine rings is 1. The summed E-state index contributed by atoms with van der Waals surface area (Å²) in [5, 5.41) is 10.9. The summed E-state index contributed by atoms with van der Waals surface area (Å²) in [6.45, 7) is 1.46. The summed E-state index contributed by atoms with van der Waals surface area (Å²) in [4.78, 5) is 34.3. The van der Waals surface area contributed by atoms with Gasteiger partial charge in [-0.05, 0) is 61.8 Å². The fourth-order valence-corrected chi connectivity index (χ4v) is 5.84. The molecule has 1 saturated heterocycles. The Kier molecular flexibility index (Phi) is 8.56. The molecule has 2 aliphatic rings. The van der Waals surface area contributed by atoms with Crippen molar-refractivity contribution in [2.24, 2.45) is 11.8 Å². The zero-order valence-corrected chi connectivity index (χ0v) is 23.7. The predicted octanol–water partition coefficient (Wildman–Crippen LogP) is 4.35. The average molecular weight is 583 g/mol. The van der Waals surface area contributed by atoms with Gasteiger partial charge in [-0.2, -0.15) is 13.2 Å². The van der Waals surface area contributed by atoms with Gasteiger partial charge in [-0.3, -0.25) is 9.59 Å². The van der Waals surface area contributed by atoms with Gasteiger partial charge in [-0.25, -0.2) is 4.98 Å². The van der Waals surface area contributed by atoms with Gasteiger partial charge in [-0.1, -0.05) is 23.7 Å². The number of carbonyl (C=O) groups is 2. The lowest BCUT2D eigenvalue weighted by Crippen LogP contribution is -2.59. The molecule has 2 aromatic rings. The normalized spacial score (nSPS) is 21.3. The minimum atomic E-state index is -5.21. The zero-order chi connectivity index (χ0) is 29.4. The summed E-state index contributed by atoms with van der Waals surface area (Å²) in [7, 11) is 5.91. The molecule has 0 spiro atoms. The third kappa shape index (κ3) is 5.58. The Labute approximate surface area is 236 Å². The fourth-order valence-electron chi connectivity index (χ4n) is 5.61. The van der Waals surface area contributed by atoms with E-state index < -0.39 is 29.3 Å². The molecule has 1 aromatic carbocycles. The number of rotatable bonds is 7. The molecule has 2 heterocycles. The molecule has 218 valence electrons. The van der Waals surface area contributed by atoms with Crippen molar-refractivity contribution in [3.8, 4) is 5.75 Å². The molecule has 0 unspecified atom stereocenters. The van der Waals surface area contributed by atoms with E-state index in [9.17, 15) is 27.9 Å². The maximum atomic E-state index is 14.1. The van der Waals surface area contributed by atoms with Gasteiger partial charge in [0.2, 0.25) is 0 Å². The Morgan fingerprint density at radius 2 is 1.73 bits per heavy atom. The second-order valence-corrected chi connectivity index (χ2v) is 11.1. The Hall–Kier alpha value is -3.05. The van der Waals surface area contributed by atoms with Crippen LogP contribution in [-0.2, 0) is 10.4 Å². The van der Waals surface area contributed by atoms with Gasteiger partial charge in [0.05, 0.1) is 12.7 Å². The summed E-state index contributed by atoms with van der Waals surface area (Å²) in [6.07, 6.45) is -2.34. The molecule has 1 saturated carbocycles. The van der Waals surface area contributed by atoms with Crippen LogP contribution >= 0.6 is 11.6 Å². The molecule has 12 heteroatoms. The third-order valence-corrected chi connectivity index (χ3v) is 8.51. The number of amides is 2. The minimum absolute atomic E-state index is 0.112. The van der Waals surface area contributed by atoms with Gasteiger partial charge in [0.1, 0.15) is 16.7 Å². The van der Waals surface area contributed by atoms with Crippen molar-refractivity contribution in [2.45, 2.75) is 43.5 Å². The number of anilines is 1. The van der Waals surface area contributed by atoms with Crippen LogP contribution in [0.4, 0.5) is 19.0 Å². The first-order valence-electron chi connectivity index (χ1n) is 13.1. The number of likely N-dealkylation sites (N-methyl/N-ethyl adjacent to an activating group) is 1. The summed E-state index contributed by atoms with van der Waals surface area (Å²) >= 11 is 6.27. The number of benzene rings is 1. The van der Waals surface area contributed by atoms with Crippen LogP contribution in [0.5, 0.6) is 5.75 Å². The molecular weight excluding hydrogens is 549 g/mol. The predicted molar refractivity (Wildman–Crippen MR) is 144 cm³/mol. The lowest BCUT2D eigenvalue weighted by molar-refractivity contribution is -0.263. The topological polar surface area (TPSA) is 86.2 Å². The van der Waals surface area contributed by atoms with E-state index in [0.717, 1.165) is 43.0 Å². The molecule has 1 aromatic heterocycles. The van der Waals surface area contributed by atoms with Gasteiger partial charge in [0.25, 0.3) is 17.4 Å². The van der Waals surface area contributed by atoms with Crippen molar-refractivity contribution >= 4 is 29.2 Å². The SMILES string of the molecule is COc1cccc([C@@](O)(C(=O)N(C)[C@H]2C[C@H](C3CCN(c4ccc(C(=O)N(C)C)c(Cl)n4)CC3)C2)C(F)(F)F)c1. The first kappa shape index (κ1) is 29.9. The van der Waals surface area contributed by atoms with E-state index in [1.165, 1.54) is 31.2 Å². The second-order valence-electron chi connectivity index (χ2n) is 10.8. The largest absolute Gasteiger partial charge is 0.497 e. The van der Waals surface area contributed by atoms with Gasteiger partial charge in [0.15, 0.2) is 0 Å². The van der Waals surface area contributed by atoms with E-state index in [2.05, 4.69) is 9.88 Å². The van der Waals surface area contributed by atoms with Crippen molar-refractivity contribution in [3.63, 3.8) is 0 Å². The van der Waals surface area contributed by atoms with Gasteiger partial charge >= 0.3 is 6.18 Å². The number of hydrogen-bond donors (Lipinski definition) is 1. The number of aromatic nitrogens is 1. The highest BCUT2D eigenvalue weighted by molar-refractivity contribution is 6.32. The summed E-state index contributed by atoms with van der Waals surface area (Å²) in [5.74, 6) is -0.176. The molecule has 8 nitrogen and oxygen atoms in total. The standard InChI is InChI=1S/C28H34ClF3N4O4/c1-34(2)25(37)22-8-9-23(33-24(22)29)36-12-10-17(11-13-36)18-14-20(15-18)35(3)26(38)27(39,28(30,31)32)19-6-5-7-21(16-19)40-4/h5-9,16-18,20,39H,10-15H2,1-4H3/t18-,20-,27-/m1/s1. The second kappa shape index (κ2) is 11.4. The first-order valence-corrected chi connectivity index (χ1v) is 13.5. The Morgan fingerprint density at radius 1 is 1.07 bits per heavy atom. The van der Waals surface area contributed by atoms with E-state index in [1.54, 1.807) is 26.2 Å². The Bertz CT molecular complexity index is 1250. The van der Waals surface area contributed by atoms with E-state index >= 15 is 0 Å². The van der Waals surface area contributed by atoms with Crippen molar-refractivity contribution in [3.05, 3.63) is 52.7 Å². The molecule has 2 amide bonds. The maximum Gasteiger partial charge on any atom is 0.430 e.